The Morgan fingerprint density at radius 3 is 2.61 bits per heavy atom. The predicted octanol–water partition coefficient (Wildman–Crippen LogP) is 1.38. The van der Waals surface area contributed by atoms with Crippen molar-refractivity contribution in [1.82, 2.24) is 5.32 Å². The zero-order valence-electron chi connectivity index (χ0n) is 10.7. The normalized spacial score (nSPS) is 11.7. The Morgan fingerprint density at radius 2 is 2.11 bits per heavy atom. The van der Waals surface area contributed by atoms with Crippen molar-refractivity contribution in [2.75, 3.05) is 7.11 Å². The van der Waals surface area contributed by atoms with Crippen LogP contribution in [-0.2, 0) is 9.53 Å². The van der Waals surface area contributed by atoms with Gasteiger partial charge in [-0.15, -0.1) is 0 Å². The largest absolute Gasteiger partial charge is 0.508 e. The summed E-state index contributed by atoms with van der Waals surface area (Å²) in [5.41, 5.74) is 1.00. The molecule has 0 fully saturated rings. The van der Waals surface area contributed by atoms with Crippen LogP contribution < -0.4 is 5.32 Å². The molecule has 1 rings (SSSR count). The Kier molecular flexibility index (Phi) is 4.71. The van der Waals surface area contributed by atoms with Crippen molar-refractivity contribution in [1.29, 1.82) is 0 Å². The summed E-state index contributed by atoms with van der Waals surface area (Å²) in [5.74, 6) is -0.705. The number of nitrogens with one attached hydrogen (secondary N) is 1. The van der Waals surface area contributed by atoms with Gasteiger partial charge in [-0.05, 0) is 37.1 Å². The lowest BCUT2D eigenvalue weighted by atomic mass is 10.1. The summed E-state index contributed by atoms with van der Waals surface area (Å²) in [5, 5.41) is 12.0. The molecule has 5 nitrogen and oxygen atoms in total. The molecular formula is C13H17NO4. The lowest BCUT2D eigenvalue weighted by Crippen LogP contribution is -2.41. The highest BCUT2D eigenvalue weighted by molar-refractivity contribution is 5.97. The maximum absolute atomic E-state index is 11.9. The minimum Gasteiger partial charge on any atom is -0.508 e. The number of ether oxygens (including phenoxy) is 1. The van der Waals surface area contributed by atoms with E-state index >= 15 is 0 Å². The molecule has 0 aliphatic carbocycles. The summed E-state index contributed by atoms with van der Waals surface area (Å²) < 4.78 is 4.59. The SMILES string of the molecule is CCC(NC(=O)c1ccc(O)c(C)c1)C(=O)OC. The molecule has 0 spiro atoms. The number of phenols is 1. The van der Waals surface area contributed by atoms with Gasteiger partial charge in [0.2, 0.25) is 0 Å². The van der Waals surface area contributed by atoms with Gasteiger partial charge in [0.05, 0.1) is 7.11 Å². The number of benzene rings is 1. The second-order valence-electron chi connectivity index (χ2n) is 3.96. The lowest BCUT2D eigenvalue weighted by molar-refractivity contribution is -0.142. The van der Waals surface area contributed by atoms with E-state index in [9.17, 15) is 14.7 Å². The van der Waals surface area contributed by atoms with Gasteiger partial charge in [-0.25, -0.2) is 4.79 Å². The number of esters is 1. The highest BCUT2D eigenvalue weighted by Crippen LogP contribution is 2.17. The van der Waals surface area contributed by atoms with E-state index in [0.717, 1.165) is 0 Å². The minimum absolute atomic E-state index is 0.131. The molecule has 0 heterocycles. The third-order valence-corrected chi connectivity index (χ3v) is 2.66. The van der Waals surface area contributed by atoms with Gasteiger partial charge in [-0.2, -0.15) is 0 Å². The zero-order chi connectivity index (χ0) is 13.7. The molecule has 18 heavy (non-hydrogen) atoms. The van der Waals surface area contributed by atoms with Gasteiger partial charge in [0, 0.05) is 5.56 Å². The number of carbonyl (C=O) groups is 2. The smallest absolute Gasteiger partial charge is 0.328 e. The van der Waals surface area contributed by atoms with E-state index in [-0.39, 0.29) is 11.7 Å². The molecule has 98 valence electrons. The van der Waals surface area contributed by atoms with Crippen molar-refractivity contribution in [3.8, 4) is 5.75 Å². The molecule has 1 amide bonds. The molecule has 1 aromatic carbocycles. The zero-order valence-corrected chi connectivity index (χ0v) is 10.7. The summed E-state index contributed by atoms with van der Waals surface area (Å²) in [6, 6.07) is 3.86. The van der Waals surface area contributed by atoms with Gasteiger partial charge < -0.3 is 15.2 Å². The van der Waals surface area contributed by atoms with Crippen LogP contribution in [0.2, 0.25) is 0 Å². The molecule has 0 saturated carbocycles. The summed E-state index contributed by atoms with van der Waals surface area (Å²) in [4.78, 5) is 23.3. The van der Waals surface area contributed by atoms with E-state index < -0.39 is 12.0 Å². The van der Waals surface area contributed by atoms with Crippen LogP contribution in [0.3, 0.4) is 0 Å². The van der Waals surface area contributed by atoms with Crippen molar-refractivity contribution < 1.29 is 19.4 Å². The first kappa shape index (κ1) is 14.0. The van der Waals surface area contributed by atoms with Crippen molar-refractivity contribution in [2.45, 2.75) is 26.3 Å². The van der Waals surface area contributed by atoms with Crippen LogP contribution in [0.5, 0.6) is 5.75 Å². The maximum Gasteiger partial charge on any atom is 0.328 e. The van der Waals surface area contributed by atoms with Crippen LogP contribution in [0, 0.1) is 6.92 Å². The molecule has 5 heteroatoms. The Bertz CT molecular complexity index is 456. The lowest BCUT2D eigenvalue weighted by Gasteiger charge is -2.14. The fourth-order valence-corrected chi connectivity index (χ4v) is 1.51. The minimum atomic E-state index is -0.656. The highest BCUT2D eigenvalue weighted by Gasteiger charge is 2.20. The molecule has 2 N–H and O–H groups in total. The number of phenolic OH excluding ortho intramolecular Hbond substituents is 1. The fraction of sp³-hybridized carbons (Fsp3) is 0.385. The van der Waals surface area contributed by atoms with Gasteiger partial charge >= 0.3 is 5.97 Å². The number of amides is 1. The fourth-order valence-electron chi connectivity index (χ4n) is 1.51. The Balaban J connectivity index is 2.81. The van der Waals surface area contributed by atoms with E-state index in [4.69, 9.17) is 0 Å². The van der Waals surface area contributed by atoms with Crippen LogP contribution in [0.25, 0.3) is 0 Å². The van der Waals surface area contributed by atoms with E-state index in [2.05, 4.69) is 10.1 Å². The second kappa shape index (κ2) is 6.05. The summed E-state index contributed by atoms with van der Waals surface area (Å²) in [6.45, 7) is 3.48. The molecule has 1 aromatic rings. The monoisotopic (exact) mass is 251 g/mol. The second-order valence-corrected chi connectivity index (χ2v) is 3.96. The number of methoxy groups -OCH3 is 1. The highest BCUT2D eigenvalue weighted by atomic mass is 16.5. The third-order valence-electron chi connectivity index (χ3n) is 2.66. The number of carbonyl (C=O) groups excluding carboxylic acids is 2. The van der Waals surface area contributed by atoms with Gasteiger partial charge in [-0.3, -0.25) is 4.79 Å². The standard InChI is InChI=1S/C13H17NO4/c1-4-10(13(17)18-3)14-12(16)9-5-6-11(15)8(2)7-9/h5-7,10,15H,4H2,1-3H3,(H,14,16). The van der Waals surface area contributed by atoms with Crippen LogP contribution in [0.1, 0.15) is 29.3 Å². The number of rotatable bonds is 4. The van der Waals surface area contributed by atoms with Crippen LogP contribution in [-0.4, -0.2) is 30.1 Å². The molecule has 0 aliphatic heterocycles. The molecular weight excluding hydrogens is 234 g/mol. The number of hydrogen-bond acceptors (Lipinski definition) is 4. The van der Waals surface area contributed by atoms with Crippen LogP contribution >= 0.6 is 0 Å². The van der Waals surface area contributed by atoms with E-state index in [0.29, 0.717) is 17.5 Å². The van der Waals surface area contributed by atoms with Crippen molar-refractivity contribution in [3.63, 3.8) is 0 Å². The van der Waals surface area contributed by atoms with E-state index in [1.54, 1.807) is 19.9 Å². The molecule has 0 bridgehead atoms. The topological polar surface area (TPSA) is 75.6 Å². The number of aryl methyl sites for hydroxylation is 1. The van der Waals surface area contributed by atoms with E-state index in [1.807, 2.05) is 0 Å². The van der Waals surface area contributed by atoms with Gasteiger partial charge in [0.15, 0.2) is 0 Å². The van der Waals surface area contributed by atoms with Gasteiger partial charge in [0.1, 0.15) is 11.8 Å². The Morgan fingerprint density at radius 1 is 1.44 bits per heavy atom. The van der Waals surface area contributed by atoms with Crippen LogP contribution in [0.4, 0.5) is 0 Å². The molecule has 0 saturated heterocycles. The predicted molar refractivity (Wildman–Crippen MR) is 66.4 cm³/mol. The first-order valence-corrected chi connectivity index (χ1v) is 5.67. The molecule has 0 aliphatic rings. The molecule has 0 radical (unpaired) electrons. The van der Waals surface area contributed by atoms with E-state index in [1.165, 1.54) is 19.2 Å². The first-order chi connectivity index (χ1) is 8.49. The average Bonchev–Trinajstić information content (AvgIpc) is 2.37. The average molecular weight is 251 g/mol. The summed E-state index contributed by atoms with van der Waals surface area (Å²) >= 11 is 0. The molecule has 1 atom stereocenters. The van der Waals surface area contributed by atoms with Crippen LogP contribution in [0.15, 0.2) is 18.2 Å². The summed E-state index contributed by atoms with van der Waals surface area (Å²) in [6.07, 6.45) is 0.454. The Hall–Kier alpha value is -2.04. The maximum atomic E-state index is 11.9. The number of aromatic hydroxyl groups is 1. The van der Waals surface area contributed by atoms with Crippen molar-refractivity contribution in [3.05, 3.63) is 29.3 Å². The quantitative estimate of drug-likeness (QED) is 0.793. The first-order valence-electron chi connectivity index (χ1n) is 5.67. The Labute approximate surface area is 106 Å². The molecule has 0 aromatic heterocycles. The summed E-state index contributed by atoms with van der Waals surface area (Å²) in [7, 11) is 1.28. The van der Waals surface area contributed by atoms with Gasteiger partial charge in [-0.1, -0.05) is 6.92 Å². The molecule has 1 unspecified atom stereocenters. The number of hydrogen-bond donors (Lipinski definition) is 2. The van der Waals surface area contributed by atoms with Crippen molar-refractivity contribution in [2.24, 2.45) is 0 Å². The third kappa shape index (κ3) is 3.23. The van der Waals surface area contributed by atoms with Gasteiger partial charge in [0.25, 0.3) is 5.91 Å². The van der Waals surface area contributed by atoms with Crippen molar-refractivity contribution >= 4 is 11.9 Å².